The van der Waals surface area contributed by atoms with E-state index in [9.17, 15) is 0 Å². The summed E-state index contributed by atoms with van der Waals surface area (Å²) in [6, 6.07) is 9.25. The monoisotopic (exact) mass is 272 g/mol. The summed E-state index contributed by atoms with van der Waals surface area (Å²) >= 11 is 0. The van der Waals surface area contributed by atoms with Gasteiger partial charge in [0.15, 0.2) is 0 Å². The van der Waals surface area contributed by atoms with Crippen LogP contribution in [-0.2, 0) is 13.0 Å². The van der Waals surface area contributed by atoms with Gasteiger partial charge in [-0.15, -0.1) is 13.2 Å². The minimum absolute atomic E-state index is 0.542. The standard InChI is InChI=1S/C18H28N2/c1-5-13-20(14-6-2)15-18-10-8-7-9-17(18)11-12-19-16(3)4/h5-10,16,19H,1-2,11-15H2,3-4H3. The summed E-state index contributed by atoms with van der Waals surface area (Å²) in [6.07, 6.45) is 4.98. The highest BCUT2D eigenvalue weighted by Crippen LogP contribution is 2.12. The van der Waals surface area contributed by atoms with Gasteiger partial charge in [0.1, 0.15) is 0 Å². The van der Waals surface area contributed by atoms with Gasteiger partial charge < -0.3 is 5.32 Å². The molecule has 1 N–H and O–H groups in total. The second-order valence-corrected chi connectivity index (χ2v) is 5.40. The maximum atomic E-state index is 3.83. The Morgan fingerprint density at radius 2 is 1.70 bits per heavy atom. The molecule has 2 nitrogen and oxygen atoms in total. The molecule has 0 amide bonds. The molecule has 0 radical (unpaired) electrons. The Hall–Kier alpha value is -1.38. The number of rotatable bonds is 10. The molecule has 0 heterocycles. The Labute approximate surface area is 124 Å². The molecule has 0 aliphatic heterocycles. The molecule has 0 saturated carbocycles. The molecule has 0 unspecified atom stereocenters. The number of nitrogens with zero attached hydrogens (tertiary/aromatic N) is 1. The maximum Gasteiger partial charge on any atom is 0.0243 e. The fraction of sp³-hybridized carbons (Fsp3) is 0.444. The number of benzene rings is 1. The zero-order valence-corrected chi connectivity index (χ0v) is 12.9. The minimum atomic E-state index is 0.542. The van der Waals surface area contributed by atoms with E-state index in [1.807, 2.05) is 12.2 Å². The van der Waals surface area contributed by atoms with E-state index in [1.54, 1.807) is 0 Å². The zero-order valence-electron chi connectivity index (χ0n) is 12.9. The van der Waals surface area contributed by atoms with E-state index < -0.39 is 0 Å². The van der Waals surface area contributed by atoms with Crippen LogP contribution in [0.5, 0.6) is 0 Å². The first kappa shape index (κ1) is 16.7. The molecule has 0 aliphatic rings. The van der Waals surface area contributed by atoms with Gasteiger partial charge >= 0.3 is 0 Å². The normalized spacial score (nSPS) is 11.0. The lowest BCUT2D eigenvalue weighted by Gasteiger charge is -2.21. The molecule has 0 saturated heterocycles. The Kier molecular flexibility index (Phi) is 7.93. The third-order valence-corrected chi connectivity index (χ3v) is 3.23. The van der Waals surface area contributed by atoms with E-state index in [1.165, 1.54) is 11.1 Å². The first-order valence-electron chi connectivity index (χ1n) is 7.41. The van der Waals surface area contributed by atoms with Crippen LogP contribution in [0.3, 0.4) is 0 Å². The van der Waals surface area contributed by atoms with E-state index in [0.29, 0.717) is 6.04 Å². The van der Waals surface area contributed by atoms with Crippen molar-refractivity contribution in [1.82, 2.24) is 10.2 Å². The van der Waals surface area contributed by atoms with E-state index in [4.69, 9.17) is 0 Å². The van der Waals surface area contributed by atoms with Gasteiger partial charge in [-0.1, -0.05) is 50.3 Å². The van der Waals surface area contributed by atoms with Crippen molar-refractivity contribution >= 4 is 0 Å². The van der Waals surface area contributed by atoms with Crippen LogP contribution in [0.15, 0.2) is 49.6 Å². The van der Waals surface area contributed by atoms with Crippen molar-refractivity contribution in [3.05, 3.63) is 60.7 Å². The van der Waals surface area contributed by atoms with Crippen LogP contribution >= 0.6 is 0 Å². The number of hydrogen-bond donors (Lipinski definition) is 1. The lowest BCUT2D eigenvalue weighted by atomic mass is 10.0. The van der Waals surface area contributed by atoms with Crippen LogP contribution in [0.25, 0.3) is 0 Å². The molecule has 0 atom stereocenters. The highest BCUT2D eigenvalue weighted by molar-refractivity contribution is 5.27. The van der Waals surface area contributed by atoms with Gasteiger partial charge in [-0.3, -0.25) is 4.90 Å². The number of hydrogen-bond acceptors (Lipinski definition) is 2. The fourth-order valence-electron chi connectivity index (χ4n) is 2.26. The molecule has 1 aromatic rings. The van der Waals surface area contributed by atoms with Crippen molar-refractivity contribution < 1.29 is 0 Å². The summed E-state index contributed by atoms with van der Waals surface area (Å²) in [5.74, 6) is 0. The van der Waals surface area contributed by atoms with Crippen molar-refractivity contribution in [2.75, 3.05) is 19.6 Å². The first-order chi connectivity index (χ1) is 9.67. The van der Waals surface area contributed by atoms with Gasteiger partial charge in [-0.25, -0.2) is 0 Å². The molecule has 110 valence electrons. The maximum absolute atomic E-state index is 3.83. The third-order valence-electron chi connectivity index (χ3n) is 3.23. The van der Waals surface area contributed by atoms with Crippen molar-refractivity contribution in [3.8, 4) is 0 Å². The summed E-state index contributed by atoms with van der Waals surface area (Å²) < 4.78 is 0. The van der Waals surface area contributed by atoms with Gasteiger partial charge in [-0.2, -0.15) is 0 Å². The minimum Gasteiger partial charge on any atom is -0.314 e. The van der Waals surface area contributed by atoms with Crippen LogP contribution < -0.4 is 5.32 Å². The van der Waals surface area contributed by atoms with Crippen molar-refractivity contribution in [3.63, 3.8) is 0 Å². The summed E-state index contributed by atoms with van der Waals surface area (Å²) in [6.45, 7) is 15.8. The van der Waals surface area contributed by atoms with E-state index >= 15 is 0 Å². The molecular formula is C18H28N2. The Morgan fingerprint density at radius 1 is 1.10 bits per heavy atom. The lowest BCUT2D eigenvalue weighted by Crippen LogP contribution is -2.26. The highest BCUT2D eigenvalue weighted by atomic mass is 15.1. The average molecular weight is 272 g/mol. The predicted molar refractivity (Wildman–Crippen MR) is 89.0 cm³/mol. The summed E-state index contributed by atoms with van der Waals surface area (Å²) in [5.41, 5.74) is 2.83. The quantitative estimate of drug-likeness (QED) is 0.657. The van der Waals surface area contributed by atoms with E-state index in [-0.39, 0.29) is 0 Å². The molecule has 0 bridgehead atoms. The van der Waals surface area contributed by atoms with Gasteiger partial charge in [-0.05, 0) is 24.1 Å². The van der Waals surface area contributed by atoms with Gasteiger partial charge in [0.25, 0.3) is 0 Å². The molecule has 1 aromatic carbocycles. The Morgan fingerprint density at radius 3 is 2.25 bits per heavy atom. The van der Waals surface area contributed by atoms with Crippen LogP contribution in [0, 0.1) is 0 Å². The molecule has 1 rings (SSSR count). The molecule has 0 aliphatic carbocycles. The predicted octanol–water partition coefficient (Wildman–Crippen LogP) is 3.40. The van der Waals surface area contributed by atoms with Crippen LogP contribution in [0.4, 0.5) is 0 Å². The fourth-order valence-corrected chi connectivity index (χ4v) is 2.26. The molecule has 0 fully saturated rings. The second-order valence-electron chi connectivity index (χ2n) is 5.40. The molecule has 0 aromatic heterocycles. The van der Waals surface area contributed by atoms with Crippen LogP contribution in [-0.4, -0.2) is 30.6 Å². The SMILES string of the molecule is C=CCN(CC=C)Cc1ccccc1CCNC(C)C. The second kappa shape index (κ2) is 9.51. The number of nitrogens with one attached hydrogen (secondary N) is 1. The van der Waals surface area contributed by atoms with Crippen LogP contribution in [0.1, 0.15) is 25.0 Å². The molecule has 20 heavy (non-hydrogen) atoms. The van der Waals surface area contributed by atoms with Gasteiger partial charge in [0.05, 0.1) is 0 Å². The summed E-state index contributed by atoms with van der Waals surface area (Å²) in [5, 5.41) is 3.48. The molecule has 2 heteroatoms. The lowest BCUT2D eigenvalue weighted by molar-refractivity contribution is 0.326. The largest absolute Gasteiger partial charge is 0.314 e. The zero-order chi connectivity index (χ0) is 14.8. The van der Waals surface area contributed by atoms with Crippen LogP contribution in [0.2, 0.25) is 0 Å². The average Bonchev–Trinajstić information content (AvgIpc) is 2.41. The topological polar surface area (TPSA) is 15.3 Å². The smallest absolute Gasteiger partial charge is 0.0243 e. The summed E-state index contributed by atoms with van der Waals surface area (Å²) in [4.78, 5) is 2.34. The Balaban J connectivity index is 2.67. The van der Waals surface area contributed by atoms with E-state index in [2.05, 4.69) is 61.5 Å². The van der Waals surface area contributed by atoms with Crippen molar-refractivity contribution in [2.45, 2.75) is 32.9 Å². The highest BCUT2D eigenvalue weighted by Gasteiger charge is 2.07. The van der Waals surface area contributed by atoms with Crippen molar-refractivity contribution in [2.24, 2.45) is 0 Å². The Bertz CT molecular complexity index is 400. The third kappa shape index (κ3) is 6.18. The van der Waals surface area contributed by atoms with E-state index in [0.717, 1.165) is 32.6 Å². The van der Waals surface area contributed by atoms with Crippen molar-refractivity contribution in [1.29, 1.82) is 0 Å². The first-order valence-corrected chi connectivity index (χ1v) is 7.41. The molecular weight excluding hydrogens is 244 g/mol. The summed E-state index contributed by atoms with van der Waals surface area (Å²) in [7, 11) is 0. The van der Waals surface area contributed by atoms with Gasteiger partial charge in [0, 0.05) is 25.7 Å². The van der Waals surface area contributed by atoms with Gasteiger partial charge in [0.2, 0.25) is 0 Å². The molecule has 0 spiro atoms.